The van der Waals surface area contributed by atoms with Crippen molar-refractivity contribution in [2.24, 2.45) is 16.0 Å². The lowest BCUT2D eigenvalue weighted by atomic mass is 9.96. The van der Waals surface area contributed by atoms with E-state index in [0.29, 0.717) is 0 Å². The third-order valence-corrected chi connectivity index (χ3v) is 2.66. The summed E-state index contributed by atoms with van der Waals surface area (Å²) < 4.78 is 0. The highest BCUT2D eigenvalue weighted by Crippen LogP contribution is 2.14. The van der Waals surface area contributed by atoms with Crippen LogP contribution in [0.2, 0.25) is 0 Å². The van der Waals surface area contributed by atoms with Gasteiger partial charge in [-0.05, 0) is 37.8 Å². The van der Waals surface area contributed by atoms with E-state index >= 15 is 0 Å². The van der Waals surface area contributed by atoms with Crippen LogP contribution in [0, 0.1) is 0 Å². The molecule has 0 heterocycles. The van der Waals surface area contributed by atoms with Crippen LogP contribution >= 0.6 is 0 Å². The maximum atomic E-state index is 5.34. The Bertz CT molecular complexity index is 395. The van der Waals surface area contributed by atoms with Crippen LogP contribution in [-0.4, -0.2) is 11.4 Å². The number of hydrogen-bond donors (Lipinski definition) is 2. The Morgan fingerprint density at radius 1 is 1.00 bits per heavy atom. The molecule has 4 nitrogen and oxygen atoms in total. The lowest BCUT2D eigenvalue weighted by Crippen LogP contribution is -2.21. The van der Waals surface area contributed by atoms with Crippen LogP contribution in [0.3, 0.4) is 0 Å². The fourth-order valence-electron chi connectivity index (χ4n) is 1.78. The van der Waals surface area contributed by atoms with Gasteiger partial charge in [0.15, 0.2) is 0 Å². The molecule has 1 aliphatic rings. The largest absolute Gasteiger partial charge is 0.323 e. The summed E-state index contributed by atoms with van der Waals surface area (Å²) in [6.45, 7) is 0. The van der Waals surface area contributed by atoms with Gasteiger partial charge < -0.3 is 5.84 Å². The number of rotatable bonds is 2. The zero-order chi connectivity index (χ0) is 11.2. The minimum Gasteiger partial charge on any atom is -0.323 e. The predicted molar refractivity (Wildman–Crippen MR) is 67.6 cm³/mol. The van der Waals surface area contributed by atoms with Crippen LogP contribution in [-0.2, 0) is 0 Å². The topological polar surface area (TPSA) is 62.8 Å². The first-order valence-electron chi connectivity index (χ1n) is 5.55. The third kappa shape index (κ3) is 2.59. The second-order valence-corrected chi connectivity index (χ2v) is 3.82. The van der Waals surface area contributed by atoms with Gasteiger partial charge in [-0.15, -0.1) is 0 Å². The van der Waals surface area contributed by atoms with Gasteiger partial charge in [-0.1, -0.05) is 18.2 Å². The van der Waals surface area contributed by atoms with Crippen molar-refractivity contribution in [1.82, 2.24) is 0 Å². The maximum absolute atomic E-state index is 5.34. The SMILES string of the molecule is NN=C1CCCCC1=NNc1ccccc1. The van der Waals surface area contributed by atoms with E-state index in [1.165, 1.54) is 0 Å². The molecule has 0 aliphatic heterocycles. The summed E-state index contributed by atoms with van der Waals surface area (Å²) in [5.74, 6) is 5.34. The van der Waals surface area contributed by atoms with Gasteiger partial charge in [0, 0.05) is 0 Å². The highest BCUT2D eigenvalue weighted by molar-refractivity contribution is 6.42. The molecule has 0 spiro atoms. The zero-order valence-electron chi connectivity index (χ0n) is 9.19. The number of nitrogens with two attached hydrogens (primary N) is 1. The van der Waals surface area contributed by atoms with Crippen LogP contribution in [0.1, 0.15) is 25.7 Å². The predicted octanol–water partition coefficient (Wildman–Crippen LogP) is 2.34. The van der Waals surface area contributed by atoms with Crippen molar-refractivity contribution in [1.29, 1.82) is 0 Å². The molecule has 0 unspecified atom stereocenters. The van der Waals surface area contributed by atoms with E-state index in [0.717, 1.165) is 42.8 Å². The quantitative estimate of drug-likeness (QED) is 0.588. The minimum atomic E-state index is 0.926. The molecule has 4 heteroatoms. The van der Waals surface area contributed by atoms with Crippen LogP contribution in [0.25, 0.3) is 0 Å². The first kappa shape index (κ1) is 10.7. The first-order chi connectivity index (χ1) is 7.90. The monoisotopic (exact) mass is 216 g/mol. The van der Waals surface area contributed by atoms with Gasteiger partial charge >= 0.3 is 0 Å². The summed E-state index contributed by atoms with van der Waals surface area (Å²) in [5, 5.41) is 8.15. The summed E-state index contributed by atoms with van der Waals surface area (Å²) in [7, 11) is 0. The number of nitrogens with one attached hydrogen (secondary N) is 1. The Morgan fingerprint density at radius 2 is 1.69 bits per heavy atom. The van der Waals surface area contributed by atoms with E-state index < -0.39 is 0 Å². The number of nitrogens with zero attached hydrogens (tertiary/aromatic N) is 2. The molecular formula is C12H16N4. The molecule has 0 bridgehead atoms. The third-order valence-electron chi connectivity index (χ3n) is 2.66. The molecule has 84 valence electrons. The molecule has 16 heavy (non-hydrogen) atoms. The average Bonchev–Trinajstić information content (AvgIpc) is 2.38. The number of hydrazone groups is 2. The number of benzene rings is 1. The molecule has 1 aromatic rings. The van der Waals surface area contributed by atoms with E-state index in [1.807, 2.05) is 30.3 Å². The number of anilines is 1. The molecule has 1 aliphatic carbocycles. The molecular weight excluding hydrogens is 200 g/mol. The molecule has 2 rings (SSSR count). The molecule has 1 aromatic carbocycles. The number of para-hydroxylation sites is 1. The highest BCUT2D eigenvalue weighted by Gasteiger charge is 2.14. The van der Waals surface area contributed by atoms with Crippen molar-refractivity contribution < 1.29 is 0 Å². The fraction of sp³-hybridized carbons (Fsp3) is 0.333. The Kier molecular flexibility index (Phi) is 3.53. The lowest BCUT2D eigenvalue weighted by molar-refractivity contribution is 0.773. The van der Waals surface area contributed by atoms with Gasteiger partial charge in [0.1, 0.15) is 0 Å². The van der Waals surface area contributed by atoms with E-state index in [4.69, 9.17) is 5.84 Å². The summed E-state index contributed by atoms with van der Waals surface area (Å²) in [5.41, 5.74) is 5.92. The summed E-state index contributed by atoms with van der Waals surface area (Å²) in [6.07, 6.45) is 4.20. The summed E-state index contributed by atoms with van der Waals surface area (Å²) in [4.78, 5) is 0. The fourth-order valence-corrected chi connectivity index (χ4v) is 1.78. The molecule has 0 aromatic heterocycles. The van der Waals surface area contributed by atoms with Crippen molar-refractivity contribution in [3.63, 3.8) is 0 Å². The van der Waals surface area contributed by atoms with Gasteiger partial charge in [-0.25, -0.2) is 0 Å². The van der Waals surface area contributed by atoms with Gasteiger partial charge in [0.25, 0.3) is 0 Å². The van der Waals surface area contributed by atoms with E-state index in [2.05, 4.69) is 15.6 Å². The maximum Gasteiger partial charge on any atom is 0.0839 e. The Hall–Kier alpha value is -1.84. The molecule has 1 saturated carbocycles. The second kappa shape index (κ2) is 5.30. The van der Waals surface area contributed by atoms with Crippen molar-refractivity contribution >= 4 is 17.1 Å². The van der Waals surface area contributed by atoms with Crippen LogP contribution in [0.5, 0.6) is 0 Å². The van der Waals surface area contributed by atoms with E-state index in [-0.39, 0.29) is 0 Å². The Balaban J connectivity index is 2.06. The van der Waals surface area contributed by atoms with Gasteiger partial charge in [-0.2, -0.15) is 10.2 Å². The molecule has 0 amide bonds. The van der Waals surface area contributed by atoms with E-state index in [1.54, 1.807) is 0 Å². The molecule has 3 N–H and O–H groups in total. The summed E-state index contributed by atoms with van der Waals surface area (Å²) >= 11 is 0. The Labute approximate surface area is 95.2 Å². The molecule has 1 fully saturated rings. The average molecular weight is 216 g/mol. The molecule has 0 radical (unpaired) electrons. The van der Waals surface area contributed by atoms with Crippen LogP contribution in [0.4, 0.5) is 5.69 Å². The van der Waals surface area contributed by atoms with Gasteiger partial charge in [0.05, 0.1) is 17.1 Å². The van der Waals surface area contributed by atoms with Crippen molar-refractivity contribution in [3.8, 4) is 0 Å². The number of hydrogen-bond acceptors (Lipinski definition) is 4. The Morgan fingerprint density at radius 3 is 2.38 bits per heavy atom. The standard InChI is InChI=1S/C12H16N4/c13-14-11-8-4-5-9-12(11)16-15-10-6-2-1-3-7-10/h1-3,6-7,15H,4-5,8-9,13H2. The highest BCUT2D eigenvalue weighted by atomic mass is 15.3. The van der Waals surface area contributed by atoms with Crippen LogP contribution in [0.15, 0.2) is 40.5 Å². The van der Waals surface area contributed by atoms with Gasteiger partial charge in [-0.3, -0.25) is 5.43 Å². The van der Waals surface area contributed by atoms with E-state index in [9.17, 15) is 0 Å². The summed E-state index contributed by atoms with van der Waals surface area (Å²) in [6, 6.07) is 9.88. The lowest BCUT2D eigenvalue weighted by Gasteiger charge is -2.14. The molecule has 0 atom stereocenters. The molecule has 0 saturated heterocycles. The van der Waals surface area contributed by atoms with Crippen molar-refractivity contribution in [2.75, 3.05) is 5.43 Å². The van der Waals surface area contributed by atoms with Gasteiger partial charge in [0.2, 0.25) is 0 Å². The first-order valence-corrected chi connectivity index (χ1v) is 5.55. The second-order valence-electron chi connectivity index (χ2n) is 3.82. The minimum absolute atomic E-state index is 0.926. The normalized spacial score (nSPS) is 21.2. The van der Waals surface area contributed by atoms with Crippen LogP contribution < -0.4 is 11.3 Å². The van der Waals surface area contributed by atoms with Crippen molar-refractivity contribution in [3.05, 3.63) is 30.3 Å². The smallest absolute Gasteiger partial charge is 0.0839 e. The zero-order valence-corrected chi connectivity index (χ0v) is 9.19. The van der Waals surface area contributed by atoms with Crippen molar-refractivity contribution in [2.45, 2.75) is 25.7 Å².